The zero-order chi connectivity index (χ0) is 14.6. The minimum Gasteiger partial charge on any atom is -0.480 e. The van der Waals surface area contributed by atoms with Crippen LogP contribution in [0.15, 0.2) is 0 Å². The Morgan fingerprint density at radius 2 is 1.90 bits per heavy atom. The molecule has 0 radical (unpaired) electrons. The summed E-state index contributed by atoms with van der Waals surface area (Å²) >= 11 is 0. The van der Waals surface area contributed by atoms with Crippen LogP contribution in [0.4, 0.5) is 0 Å². The van der Waals surface area contributed by atoms with Crippen LogP contribution in [0.2, 0.25) is 0 Å². The molecule has 2 fully saturated rings. The molecule has 1 saturated carbocycles. The second kappa shape index (κ2) is 6.57. The quantitative estimate of drug-likeness (QED) is 0.824. The summed E-state index contributed by atoms with van der Waals surface area (Å²) in [5.41, 5.74) is -0.887. The Bertz CT molecular complexity index is 366. The Morgan fingerprint density at radius 3 is 2.55 bits per heavy atom. The number of aliphatic carboxylic acids is 1. The fraction of sp³-hybridized carbons (Fsp3) is 0.867. The minimum absolute atomic E-state index is 0.0220. The van der Waals surface area contributed by atoms with Gasteiger partial charge in [-0.15, -0.1) is 0 Å². The van der Waals surface area contributed by atoms with Gasteiger partial charge in [0.2, 0.25) is 5.91 Å². The number of piperidine rings is 1. The molecule has 0 bridgehead atoms. The highest BCUT2D eigenvalue weighted by atomic mass is 16.4. The van der Waals surface area contributed by atoms with Crippen LogP contribution in [0, 0.1) is 0 Å². The first kappa shape index (κ1) is 15.3. The van der Waals surface area contributed by atoms with Gasteiger partial charge in [0, 0.05) is 6.04 Å². The first-order valence-electron chi connectivity index (χ1n) is 7.80. The number of hydrogen-bond donors (Lipinski definition) is 2. The number of carbonyl (C=O) groups excluding carboxylic acids is 1. The van der Waals surface area contributed by atoms with E-state index in [0.29, 0.717) is 13.0 Å². The molecular weight excluding hydrogens is 256 g/mol. The average Bonchev–Trinajstić information content (AvgIpc) is 2.42. The summed E-state index contributed by atoms with van der Waals surface area (Å²) in [7, 11) is 0. The summed E-state index contributed by atoms with van der Waals surface area (Å²) in [4.78, 5) is 25.5. The Balaban J connectivity index is 1.89. The highest BCUT2D eigenvalue weighted by molar-refractivity contribution is 5.82. The normalized spacial score (nSPS) is 29.1. The summed E-state index contributed by atoms with van der Waals surface area (Å²) < 4.78 is 0. The second-order valence-corrected chi connectivity index (χ2v) is 6.36. The van der Waals surface area contributed by atoms with Crippen molar-refractivity contribution >= 4 is 11.9 Å². The summed E-state index contributed by atoms with van der Waals surface area (Å²) in [5, 5.41) is 12.5. The highest BCUT2D eigenvalue weighted by Gasteiger charge is 2.42. The number of hydrogen-bond acceptors (Lipinski definition) is 3. The number of amides is 1. The van der Waals surface area contributed by atoms with E-state index in [4.69, 9.17) is 0 Å². The maximum absolute atomic E-state index is 12.1. The molecule has 1 heterocycles. The maximum atomic E-state index is 12.1. The third-order valence-electron chi connectivity index (χ3n) is 4.81. The summed E-state index contributed by atoms with van der Waals surface area (Å²) in [6, 6.07) is 0.289. The molecule has 114 valence electrons. The van der Waals surface area contributed by atoms with Gasteiger partial charge in [0.15, 0.2) is 0 Å². The maximum Gasteiger partial charge on any atom is 0.323 e. The van der Waals surface area contributed by atoms with Crippen molar-refractivity contribution in [1.82, 2.24) is 10.2 Å². The van der Waals surface area contributed by atoms with E-state index in [1.165, 1.54) is 19.3 Å². The molecule has 20 heavy (non-hydrogen) atoms. The average molecular weight is 282 g/mol. The van der Waals surface area contributed by atoms with E-state index >= 15 is 0 Å². The minimum atomic E-state index is -0.887. The molecule has 1 amide bonds. The number of likely N-dealkylation sites (tertiary alicyclic amines) is 1. The fourth-order valence-electron chi connectivity index (χ4n) is 3.37. The van der Waals surface area contributed by atoms with Gasteiger partial charge in [-0.1, -0.05) is 19.3 Å². The number of carbonyl (C=O) groups is 2. The van der Waals surface area contributed by atoms with Gasteiger partial charge in [-0.25, -0.2) is 0 Å². The molecule has 1 aliphatic heterocycles. The van der Waals surface area contributed by atoms with Crippen LogP contribution in [0.25, 0.3) is 0 Å². The number of carboxylic acids is 1. The van der Waals surface area contributed by atoms with Gasteiger partial charge in [-0.3, -0.25) is 14.5 Å². The Labute approximate surface area is 120 Å². The van der Waals surface area contributed by atoms with E-state index in [9.17, 15) is 14.7 Å². The van der Waals surface area contributed by atoms with Crippen molar-refractivity contribution in [2.45, 2.75) is 69.9 Å². The summed E-state index contributed by atoms with van der Waals surface area (Å²) in [6.45, 7) is 2.64. The standard InChI is InChI=1S/C15H26N2O3/c1-15(14(19)20)9-5-6-10-17(15)11-13(18)16-12-7-3-2-4-8-12/h12H,2-11H2,1H3,(H,16,18)(H,19,20). The van der Waals surface area contributed by atoms with Gasteiger partial charge >= 0.3 is 5.97 Å². The van der Waals surface area contributed by atoms with Crippen LogP contribution < -0.4 is 5.32 Å². The Hall–Kier alpha value is -1.10. The Morgan fingerprint density at radius 1 is 1.20 bits per heavy atom. The van der Waals surface area contributed by atoms with E-state index in [2.05, 4.69) is 5.32 Å². The number of nitrogens with zero attached hydrogens (tertiary/aromatic N) is 1. The van der Waals surface area contributed by atoms with Crippen molar-refractivity contribution in [3.8, 4) is 0 Å². The van der Waals surface area contributed by atoms with Crippen molar-refractivity contribution in [2.75, 3.05) is 13.1 Å². The van der Waals surface area contributed by atoms with Crippen molar-refractivity contribution in [3.05, 3.63) is 0 Å². The molecule has 1 aliphatic carbocycles. The van der Waals surface area contributed by atoms with E-state index in [0.717, 1.165) is 25.7 Å². The van der Waals surface area contributed by atoms with Gasteiger partial charge in [-0.2, -0.15) is 0 Å². The summed E-state index contributed by atoms with van der Waals surface area (Å²) in [5.74, 6) is -0.839. The monoisotopic (exact) mass is 282 g/mol. The van der Waals surface area contributed by atoms with Crippen molar-refractivity contribution in [2.24, 2.45) is 0 Å². The van der Waals surface area contributed by atoms with E-state index in [1.54, 1.807) is 6.92 Å². The Kier molecular flexibility index (Phi) is 5.02. The number of rotatable bonds is 4. The van der Waals surface area contributed by atoms with Gasteiger partial charge in [0.05, 0.1) is 6.54 Å². The first-order valence-corrected chi connectivity index (χ1v) is 7.80. The molecule has 2 aliphatic rings. The molecule has 0 spiro atoms. The number of nitrogens with one attached hydrogen (secondary N) is 1. The lowest BCUT2D eigenvalue weighted by molar-refractivity contribution is -0.153. The number of carboxylic acid groups (broad SMARTS) is 1. The molecule has 2 N–H and O–H groups in total. The van der Waals surface area contributed by atoms with Crippen LogP contribution in [-0.2, 0) is 9.59 Å². The van der Waals surface area contributed by atoms with Crippen LogP contribution >= 0.6 is 0 Å². The summed E-state index contributed by atoms with van der Waals surface area (Å²) in [6.07, 6.45) is 8.25. The van der Waals surface area contributed by atoms with Crippen LogP contribution in [0.3, 0.4) is 0 Å². The van der Waals surface area contributed by atoms with E-state index in [-0.39, 0.29) is 18.5 Å². The second-order valence-electron chi connectivity index (χ2n) is 6.36. The van der Waals surface area contributed by atoms with E-state index in [1.807, 2.05) is 4.90 Å². The van der Waals surface area contributed by atoms with Crippen LogP contribution in [-0.4, -0.2) is 46.6 Å². The predicted molar refractivity (Wildman–Crippen MR) is 76.5 cm³/mol. The van der Waals surface area contributed by atoms with Crippen LogP contribution in [0.5, 0.6) is 0 Å². The first-order chi connectivity index (χ1) is 9.52. The van der Waals surface area contributed by atoms with Crippen molar-refractivity contribution < 1.29 is 14.7 Å². The van der Waals surface area contributed by atoms with Gasteiger partial charge < -0.3 is 10.4 Å². The van der Waals surface area contributed by atoms with Gasteiger partial charge in [-0.05, 0) is 45.6 Å². The largest absolute Gasteiger partial charge is 0.480 e. The van der Waals surface area contributed by atoms with Crippen molar-refractivity contribution in [3.63, 3.8) is 0 Å². The zero-order valence-electron chi connectivity index (χ0n) is 12.4. The predicted octanol–water partition coefficient (Wildman–Crippen LogP) is 1.76. The molecule has 1 atom stereocenters. The fourth-order valence-corrected chi connectivity index (χ4v) is 3.37. The van der Waals surface area contributed by atoms with Crippen molar-refractivity contribution in [1.29, 1.82) is 0 Å². The van der Waals surface area contributed by atoms with Gasteiger partial charge in [0.1, 0.15) is 5.54 Å². The lowest BCUT2D eigenvalue weighted by Gasteiger charge is -2.41. The highest BCUT2D eigenvalue weighted by Crippen LogP contribution is 2.28. The molecule has 0 aromatic heterocycles. The SMILES string of the molecule is CC1(C(=O)O)CCCCN1CC(=O)NC1CCCCC1. The lowest BCUT2D eigenvalue weighted by Crippen LogP contribution is -2.58. The third kappa shape index (κ3) is 3.51. The molecule has 1 saturated heterocycles. The zero-order valence-corrected chi connectivity index (χ0v) is 12.4. The van der Waals surface area contributed by atoms with E-state index < -0.39 is 11.5 Å². The topological polar surface area (TPSA) is 69.6 Å². The van der Waals surface area contributed by atoms with Crippen LogP contribution in [0.1, 0.15) is 58.3 Å². The molecule has 0 aromatic rings. The third-order valence-corrected chi connectivity index (χ3v) is 4.81. The molecule has 1 unspecified atom stereocenters. The molecule has 2 rings (SSSR count). The molecule has 5 heteroatoms. The molecule has 0 aromatic carbocycles. The lowest BCUT2D eigenvalue weighted by atomic mass is 9.88. The molecular formula is C15H26N2O3. The van der Waals surface area contributed by atoms with Gasteiger partial charge in [0.25, 0.3) is 0 Å². The molecule has 5 nitrogen and oxygen atoms in total. The smallest absolute Gasteiger partial charge is 0.323 e.